The van der Waals surface area contributed by atoms with Gasteiger partial charge in [-0.2, -0.15) is 0 Å². The predicted molar refractivity (Wildman–Crippen MR) is 80.8 cm³/mol. The lowest BCUT2D eigenvalue weighted by Crippen LogP contribution is -2.43. The maximum atomic E-state index is 14.2. The van der Waals surface area contributed by atoms with Crippen molar-refractivity contribution in [1.82, 2.24) is 0 Å². The van der Waals surface area contributed by atoms with Crippen LogP contribution in [0.2, 0.25) is 0 Å². The van der Waals surface area contributed by atoms with Gasteiger partial charge in [-0.25, -0.2) is 4.39 Å². The van der Waals surface area contributed by atoms with Crippen LogP contribution in [0.4, 0.5) is 10.1 Å². The smallest absolute Gasteiger partial charge is 0.150 e. The first kappa shape index (κ1) is 15.1. The lowest BCUT2D eigenvalue weighted by atomic mass is 10.1. The number of piperidine rings is 1. The molecule has 1 heterocycles. The van der Waals surface area contributed by atoms with Gasteiger partial charge in [0.05, 0.1) is 11.8 Å². The number of anilines is 1. The maximum absolute atomic E-state index is 14.2. The highest BCUT2D eigenvalue weighted by Crippen LogP contribution is 2.27. The van der Waals surface area contributed by atoms with E-state index in [-0.39, 0.29) is 18.0 Å². The summed E-state index contributed by atoms with van der Waals surface area (Å²) in [5.74, 6) is 0.383. The Kier molecular flexibility index (Phi) is 5.24. The molecule has 2 unspecified atom stereocenters. The Balaban J connectivity index is 2.05. The van der Waals surface area contributed by atoms with Gasteiger partial charge in [0, 0.05) is 25.2 Å². The lowest BCUT2D eigenvalue weighted by Gasteiger charge is -2.32. The van der Waals surface area contributed by atoms with E-state index in [1.54, 1.807) is 6.07 Å². The molecular formula is C16H25FN2O. The summed E-state index contributed by atoms with van der Waals surface area (Å²) in [6, 6.07) is 5.29. The van der Waals surface area contributed by atoms with Crippen LogP contribution in [0.3, 0.4) is 0 Å². The van der Waals surface area contributed by atoms with Crippen molar-refractivity contribution in [2.45, 2.75) is 51.7 Å². The van der Waals surface area contributed by atoms with Crippen LogP contribution in [0.25, 0.3) is 0 Å². The molecule has 1 aliphatic heterocycles. The minimum Gasteiger partial charge on any atom is -0.491 e. The second-order valence-electron chi connectivity index (χ2n) is 5.68. The molecule has 1 saturated heterocycles. The summed E-state index contributed by atoms with van der Waals surface area (Å²) >= 11 is 0. The zero-order valence-electron chi connectivity index (χ0n) is 12.4. The fourth-order valence-corrected chi connectivity index (χ4v) is 2.74. The van der Waals surface area contributed by atoms with Crippen LogP contribution in [0.5, 0.6) is 5.75 Å². The topological polar surface area (TPSA) is 38.5 Å². The van der Waals surface area contributed by atoms with E-state index in [1.807, 2.05) is 17.9 Å². The van der Waals surface area contributed by atoms with Crippen molar-refractivity contribution in [2.75, 3.05) is 18.0 Å². The van der Waals surface area contributed by atoms with Crippen molar-refractivity contribution >= 4 is 5.69 Å². The summed E-state index contributed by atoms with van der Waals surface area (Å²) in [5.41, 5.74) is 6.59. The molecule has 3 nitrogen and oxygen atoms in total. The summed E-state index contributed by atoms with van der Waals surface area (Å²) in [6.45, 7) is 5.72. The molecule has 2 rings (SSSR count). The molecule has 1 aromatic carbocycles. The normalized spacial score (nSPS) is 20.8. The van der Waals surface area contributed by atoms with Gasteiger partial charge in [-0.3, -0.25) is 0 Å². The number of rotatable bonds is 5. The van der Waals surface area contributed by atoms with Crippen molar-refractivity contribution in [3.05, 3.63) is 24.0 Å². The van der Waals surface area contributed by atoms with Gasteiger partial charge < -0.3 is 15.4 Å². The fraction of sp³-hybridized carbons (Fsp3) is 0.625. The van der Waals surface area contributed by atoms with Crippen LogP contribution in [0, 0.1) is 5.82 Å². The molecule has 0 radical (unpaired) electrons. The number of hydrogen-bond donors (Lipinski definition) is 1. The SMILES string of the molecule is CCCC(C)Oc1ccc(N2CCCC(N)C2)c(F)c1. The molecule has 1 aliphatic rings. The summed E-state index contributed by atoms with van der Waals surface area (Å²) < 4.78 is 20.0. The first-order valence-electron chi connectivity index (χ1n) is 7.57. The second kappa shape index (κ2) is 6.93. The average molecular weight is 280 g/mol. The van der Waals surface area contributed by atoms with E-state index in [4.69, 9.17) is 10.5 Å². The van der Waals surface area contributed by atoms with Gasteiger partial charge in [-0.15, -0.1) is 0 Å². The highest BCUT2D eigenvalue weighted by atomic mass is 19.1. The van der Waals surface area contributed by atoms with Crippen LogP contribution in [-0.2, 0) is 0 Å². The van der Waals surface area contributed by atoms with Gasteiger partial charge >= 0.3 is 0 Å². The molecule has 0 spiro atoms. The quantitative estimate of drug-likeness (QED) is 0.899. The third kappa shape index (κ3) is 3.85. The number of hydrogen-bond acceptors (Lipinski definition) is 3. The van der Waals surface area contributed by atoms with E-state index in [9.17, 15) is 4.39 Å². The van der Waals surface area contributed by atoms with Gasteiger partial charge in [0.15, 0.2) is 0 Å². The number of nitrogens with zero attached hydrogens (tertiary/aromatic N) is 1. The second-order valence-corrected chi connectivity index (χ2v) is 5.68. The zero-order chi connectivity index (χ0) is 14.5. The molecule has 2 atom stereocenters. The maximum Gasteiger partial charge on any atom is 0.150 e. The number of benzene rings is 1. The summed E-state index contributed by atoms with van der Waals surface area (Å²) in [7, 11) is 0. The van der Waals surface area contributed by atoms with Crippen molar-refractivity contribution in [3.63, 3.8) is 0 Å². The average Bonchev–Trinajstić information content (AvgIpc) is 2.39. The molecule has 2 N–H and O–H groups in total. The van der Waals surface area contributed by atoms with Gasteiger partial charge in [0.25, 0.3) is 0 Å². The highest BCUT2D eigenvalue weighted by molar-refractivity contribution is 5.51. The Morgan fingerprint density at radius 1 is 1.50 bits per heavy atom. The number of nitrogens with two attached hydrogens (primary N) is 1. The van der Waals surface area contributed by atoms with Crippen molar-refractivity contribution in [3.8, 4) is 5.75 Å². The van der Waals surface area contributed by atoms with Crippen LogP contribution in [0.1, 0.15) is 39.5 Å². The standard InChI is InChI=1S/C16H25FN2O/c1-3-5-12(2)20-14-7-8-16(15(17)10-14)19-9-4-6-13(18)11-19/h7-8,10,12-13H,3-6,9,11,18H2,1-2H3. The third-order valence-electron chi connectivity index (χ3n) is 3.75. The largest absolute Gasteiger partial charge is 0.491 e. The minimum absolute atomic E-state index is 0.119. The van der Waals surface area contributed by atoms with E-state index in [0.717, 1.165) is 38.8 Å². The van der Waals surface area contributed by atoms with Crippen molar-refractivity contribution in [2.24, 2.45) is 5.73 Å². The summed E-state index contributed by atoms with van der Waals surface area (Å²) in [5, 5.41) is 0. The molecule has 1 fully saturated rings. The van der Waals surface area contributed by atoms with Crippen LogP contribution >= 0.6 is 0 Å². The molecule has 0 saturated carbocycles. The molecule has 4 heteroatoms. The number of halogens is 1. The summed E-state index contributed by atoms with van der Waals surface area (Å²) in [6.07, 6.45) is 4.20. The van der Waals surface area contributed by atoms with E-state index in [1.165, 1.54) is 6.07 Å². The van der Waals surface area contributed by atoms with Crippen LogP contribution < -0.4 is 15.4 Å². The molecule has 20 heavy (non-hydrogen) atoms. The van der Waals surface area contributed by atoms with Gasteiger partial charge in [-0.05, 0) is 38.3 Å². The summed E-state index contributed by atoms with van der Waals surface area (Å²) in [4.78, 5) is 2.03. The first-order chi connectivity index (χ1) is 9.60. The molecule has 0 amide bonds. The first-order valence-corrected chi connectivity index (χ1v) is 7.57. The fourth-order valence-electron chi connectivity index (χ4n) is 2.74. The zero-order valence-corrected chi connectivity index (χ0v) is 12.4. The molecule has 0 aliphatic carbocycles. The van der Waals surface area contributed by atoms with Gasteiger partial charge in [0.2, 0.25) is 0 Å². The molecule has 1 aromatic rings. The van der Waals surface area contributed by atoms with E-state index < -0.39 is 0 Å². The molecule has 0 aromatic heterocycles. The Morgan fingerprint density at radius 2 is 2.30 bits per heavy atom. The van der Waals surface area contributed by atoms with Gasteiger partial charge in [0.1, 0.15) is 11.6 Å². The predicted octanol–water partition coefficient (Wildman–Crippen LogP) is 3.32. The molecular weight excluding hydrogens is 255 g/mol. The Hall–Kier alpha value is -1.29. The lowest BCUT2D eigenvalue weighted by molar-refractivity contribution is 0.209. The Bertz CT molecular complexity index is 438. The van der Waals surface area contributed by atoms with Crippen molar-refractivity contribution in [1.29, 1.82) is 0 Å². The Morgan fingerprint density at radius 3 is 2.95 bits per heavy atom. The van der Waals surface area contributed by atoms with E-state index in [0.29, 0.717) is 11.4 Å². The van der Waals surface area contributed by atoms with E-state index >= 15 is 0 Å². The highest BCUT2D eigenvalue weighted by Gasteiger charge is 2.19. The Labute approximate surface area is 120 Å². The number of ether oxygens (including phenoxy) is 1. The van der Waals surface area contributed by atoms with Gasteiger partial charge in [-0.1, -0.05) is 13.3 Å². The molecule has 0 bridgehead atoms. The third-order valence-corrected chi connectivity index (χ3v) is 3.75. The van der Waals surface area contributed by atoms with Crippen molar-refractivity contribution < 1.29 is 9.13 Å². The minimum atomic E-state index is -0.222. The molecule has 112 valence electrons. The monoisotopic (exact) mass is 280 g/mol. The van der Waals surface area contributed by atoms with E-state index in [2.05, 4.69) is 6.92 Å². The van der Waals surface area contributed by atoms with Crippen LogP contribution in [0.15, 0.2) is 18.2 Å². The van der Waals surface area contributed by atoms with Crippen LogP contribution in [-0.4, -0.2) is 25.2 Å².